The van der Waals surface area contributed by atoms with Gasteiger partial charge >= 0.3 is 0 Å². The Morgan fingerprint density at radius 2 is 2.22 bits per heavy atom. The molecule has 0 radical (unpaired) electrons. The van der Waals surface area contributed by atoms with Gasteiger partial charge in [0.1, 0.15) is 11.6 Å². The lowest BCUT2D eigenvalue weighted by molar-refractivity contribution is 0.503. The molecule has 0 saturated carbocycles. The third kappa shape index (κ3) is 2.80. The maximum Gasteiger partial charge on any atom is 0.224 e. The molecule has 2 aromatic heterocycles. The van der Waals surface area contributed by atoms with E-state index in [-0.39, 0.29) is 0 Å². The van der Waals surface area contributed by atoms with Crippen molar-refractivity contribution < 1.29 is 4.42 Å². The van der Waals surface area contributed by atoms with Crippen molar-refractivity contribution in [2.45, 2.75) is 20.4 Å². The fourth-order valence-electron chi connectivity index (χ4n) is 1.77. The number of hydrogen-bond acceptors (Lipinski definition) is 5. The van der Waals surface area contributed by atoms with Gasteiger partial charge in [0.25, 0.3) is 0 Å². The van der Waals surface area contributed by atoms with E-state index in [1.165, 1.54) is 0 Å². The van der Waals surface area contributed by atoms with Crippen molar-refractivity contribution in [2.24, 2.45) is 0 Å². The molecule has 0 amide bonds. The highest BCUT2D eigenvalue weighted by molar-refractivity contribution is 5.44. The van der Waals surface area contributed by atoms with E-state index in [0.717, 1.165) is 23.8 Å². The first kappa shape index (κ1) is 12.4. The second-order valence-electron chi connectivity index (χ2n) is 4.03. The number of rotatable bonds is 5. The zero-order valence-corrected chi connectivity index (χ0v) is 11.0. The number of nitrogens with zero attached hydrogens (tertiary/aromatic N) is 3. The molecule has 0 fully saturated rings. The molecule has 5 nitrogen and oxygen atoms in total. The van der Waals surface area contributed by atoms with Gasteiger partial charge in [-0.3, -0.25) is 0 Å². The van der Waals surface area contributed by atoms with Crippen molar-refractivity contribution >= 4 is 11.8 Å². The molecule has 0 unspecified atom stereocenters. The fraction of sp³-hybridized carbons (Fsp3) is 0.385. The Bertz CT molecular complexity index is 496. The Morgan fingerprint density at radius 1 is 1.39 bits per heavy atom. The third-order valence-corrected chi connectivity index (χ3v) is 2.70. The molecule has 0 aliphatic carbocycles. The minimum Gasteiger partial charge on any atom is -0.467 e. The molecule has 0 saturated heterocycles. The number of anilines is 2. The average molecular weight is 246 g/mol. The number of hydrogen-bond donors (Lipinski definition) is 1. The molecule has 18 heavy (non-hydrogen) atoms. The van der Waals surface area contributed by atoms with E-state index in [1.54, 1.807) is 6.26 Å². The summed E-state index contributed by atoms with van der Waals surface area (Å²) in [5.74, 6) is 2.48. The van der Waals surface area contributed by atoms with E-state index >= 15 is 0 Å². The molecule has 96 valence electrons. The maximum absolute atomic E-state index is 5.37. The fourth-order valence-corrected chi connectivity index (χ4v) is 1.77. The molecule has 0 aromatic carbocycles. The van der Waals surface area contributed by atoms with Crippen LogP contribution >= 0.6 is 0 Å². The molecule has 2 aromatic rings. The van der Waals surface area contributed by atoms with Gasteiger partial charge in [-0.15, -0.1) is 0 Å². The van der Waals surface area contributed by atoms with E-state index in [2.05, 4.69) is 27.1 Å². The highest BCUT2D eigenvalue weighted by Crippen LogP contribution is 2.17. The number of nitrogens with one attached hydrogen (secondary N) is 1. The molecular weight excluding hydrogens is 228 g/mol. The Labute approximate surface area is 107 Å². The van der Waals surface area contributed by atoms with Crippen molar-refractivity contribution in [1.82, 2.24) is 9.97 Å². The number of aromatic nitrogens is 2. The minimum atomic E-state index is 0.642. The Hall–Kier alpha value is -2.04. The Morgan fingerprint density at radius 3 is 2.83 bits per heavy atom. The SMILES string of the molecule is CCN(Cc1ccco1)c1cc(C)nc(NC)n1. The van der Waals surface area contributed by atoms with E-state index in [0.29, 0.717) is 12.5 Å². The zero-order chi connectivity index (χ0) is 13.0. The highest BCUT2D eigenvalue weighted by atomic mass is 16.3. The largest absolute Gasteiger partial charge is 0.467 e. The lowest BCUT2D eigenvalue weighted by Crippen LogP contribution is -2.23. The van der Waals surface area contributed by atoms with Crippen LogP contribution in [0.1, 0.15) is 18.4 Å². The molecule has 0 spiro atoms. The van der Waals surface area contributed by atoms with Crippen molar-refractivity contribution in [1.29, 1.82) is 0 Å². The first-order chi connectivity index (χ1) is 8.72. The van der Waals surface area contributed by atoms with Crippen molar-refractivity contribution in [3.63, 3.8) is 0 Å². The van der Waals surface area contributed by atoms with Crippen LogP contribution in [0.25, 0.3) is 0 Å². The van der Waals surface area contributed by atoms with Crippen LogP contribution in [0.4, 0.5) is 11.8 Å². The van der Waals surface area contributed by atoms with Crippen LogP contribution in [-0.4, -0.2) is 23.6 Å². The second kappa shape index (κ2) is 5.53. The standard InChI is InChI=1S/C13H18N4O/c1-4-17(9-11-6-5-7-18-11)12-8-10(2)15-13(14-3)16-12/h5-8H,4,9H2,1-3H3,(H,14,15,16). The zero-order valence-electron chi connectivity index (χ0n) is 11.0. The summed E-state index contributed by atoms with van der Waals surface area (Å²) >= 11 is 0. The van der Waals surface area contributed by atoms with Crippen LogP contribution in [0.5, 0.6) is 0 Å². The molecule has 2 rings (SSSR count). The summed E-state index contributed by atoms with van der Waals surface area (Å²) < 4.78 is 5.37. The predicted molar refractivity (Wildman–Crippen MR) is 71.7 cm³/mol. The van der Waals surface area contributed by atoms with Gasteiger partial charge in [-0.2, -0.15) is 4.98 Å². The van der Waals surface area contributed by atoms with E-state index < -0.39 is 0 Å². The number of furan rings is 1. The van der Waals surface area contributed by atoms with E-state index in [9.17, 15) is 0 Å². The van der Waals surface area contributed by atoms with Gasteiger partial charge in [-0.1, -0.05) is 0 Å². The summed E-state index contributed by atoms with van der Waals surface area (Å²) in [4.78, 5) is 10.9. The Balaban J connectivity index is 2.24. The summed E-state index contributed by atoms with van der Waals surface area (Å²) in [6.07, 6.45) is 1.69. The molecule has 1 N–H and O–H groups in total. The third-order valence-electron chi connectivity index (χ3n) is 2.70. The predicted octanol–water partition coefficient (Wildman–Crippen LogP) is 2.45. The van der Waals surface area contributed by atoms with E-state index in [4.69, 9.17) is 4.42 Å². The average Bonchev–Trinajstić information content (AvgIpc) is 2.88. The van der Waals surface area contributed by atoms with Crippen molar-refractivity contribution in [3.8, 4) is 0 Å². The molecule has 0 atom stereocenters. The van der Waals surface area contributed by atoms with E-state index in [1.807, 2.05) is 32.2 Å². The van der Waals surface area contributed by atoms with Crippen LogP contribution in [0.2, 0.25) is 0 Å². The minimum absolute atomic E-state index is 0.642. The van der Waals surface area contributed by atoms with Crippen LogP contribution in [0, 0.1) is 6.92 Å². The van der Waals surface area contributed by atoms with Gasteiger partial charge < -0.3 is 14.6 Å². The van der Waals surface area contributed by atoms with Gasteiger partial charge in [-0.25, -0.2) is 4.98 Å². The first-order valence-corrected chi connectivity index (χ1v) is 6.03. The molecule has 2 heterocycles. The lowest BCUT2D eigenvalue weighted by atomic mass is 10.3. The summed E-state index contributed by atoms with van der Waals surface area (Å²) in [5.41, 5.74) is 0.947. The van der Waals surface area contributed by atoms with Crippen LogP contribution in [0.15, 0.2) is 28.9 Å². The number of aryl methyl sites for hydroxylation is 1. The summed E-state index contributed by atoms with van der Waals surface area (Å²) in [6, 6.07) is 5.84. The summed E-state index contributed by atoms with van der Waals surface area (Å²) in [5, 5.41) is 2.97. The van der Waals surface area contributed by atoms with Crippen LogP contribution < -0.4 is 10.2 Å². The van der Waals surface area contributed by atoms with Gasteiger partial charge in [0.05, 0.1) is 12.8 Å². The van der Waals surface area contributed by atoms with Gasteiger partial charge in [0, 0.05) is 25.4 Å². The molecular formula is C13H18N4O. The topological polar surface area (TPSA) is 54.2 Å². The van der Waals surface area contributed by atoms with Gasteiger partial charge in [0.15, 0.2) is 0 Å². The Kier molecular flexibility index (Phi) is 3.82. The van der Waals surface area contributed by atoms with Crippen molar-refractivity contribution in [3.05, 3.63) is 35.9 Å². The highest BCUT2D eigenvalue weighted by Gasteiger charge is 2.10. The molecule has 5 heteroatoms. The lowest BCUT2D eigenvalue weighted by Gasteiger charge is -2.21. The smallest absolute Gasteiger partial charge is 0.224 e. The first-order valence-electron chi connectivity index (χ1n) is 6.03. The van der Waals surface area contributed by atoms with Gasteiger partial charge in [-0.05, 0) is 26.0 Å². The maximum atomic E-state index is 5.37. The quantitative estimate of drug-likeness (QED) is 0.878. The van der Waals surface area contributed by atoms with Crippen LogP contribution in [-0.2, 0) is 6.54 Å². The summed E-state index contributed by atoms with van der Waals surface area (Å²) in [6.45, 7) is 5.63. The second-order valence-corrected chi connectivity index (χ2v) is 4.03. The van der Waals surface area contributed by atoms with Crippen molar-refractivity contribution in [2.75, 3.05) is 23.8 Å². The summed E-state index contributed by atoms with van der Waals surface area (Å²) in [7, 11) is 1.82. The van der Waals surface area contributed by atoms with Crippen LogP contribution in [0.3, 0.4) is 0 Å². The monoisotopic (exact) mass is 246 g/mol. The van der Waals surface area contributed by atoms with Gasteiger partial charge in [0.2, 0.25) is 5.95 Å². The normalized spacial score (nSPS) is 10.4. The molecule has 0 bridgehead atoms. The molecule has 0 aliphatic rings. The molecule has 0 aliphatic heterocycles.